The van der Waals surface area contributed by atoms with Crippen LogP contribution in [0.15, 0.2) is 35.4 Å². The number of rotatable bonds is 5. The Morgan fingerprint density at radius 2 is 1.95 bits per heavy atom. The van der Waals surface area contributed by atoms with E-state index < -0.39 is 10.0 Å². The summed E-state index contributed by atoms with van der Waals surface area (Å²) in [5.74, 6) is 0. The normalized spacial score (nSPS) is 13.1. The molecule has 1 atom stereocenters. The van der Waals surface area contributed by atoms with E-state index in [4.69, 9.17) is 5.14 Å². The van der Waals surface area contributed by atoms with Crippen LogP contribution in [0.2, 0.25) is 0 Å². The molecule has 0 aliphatic heterocycles. The average molecular weight is 308 g/mol. The van der Waals surface area contributed by atoms with Crippen molar-refractivity contribution in [3.05, 3.63) is 41.7 Å². The van der Waals surface area contributed by atoms with Gasteiger partial charge in [-0.05, 0) is 31.0 Å². The number of benzene rings is 1. The lowest BCUT2D eigenvalue weighted by Gasteiger charge is -2.15. The van der Waals surface area contributed by atoms with Crippen LogP contribution in [0, 0.1) is 0 Å². The van der Waals surface area contributed by atoms with Crippen molar-refractivity contribution < 1.29 is 8.42 Å². The molecule has 0 radical (unpaired) electrons. The molecule has 21 heavy (non-hydrogen) atoms. The number of aryl methyl sites for hydroxylation is 2. The van der Waals surface area contributed by atoms with Crippen LogP contribution in [0.1, 0.15) is 31.1 Å². The van der Waals surface area contributed by atoms with Gasteiger partial charge in [0.25, 0.3) is 0 Å². The first-order valence-electron chi connectivity index (χ1n) is 6.73. The maximum absolute atomic E-state index is 11.2. The van der Waals surface area contributed by atoms with Crippen molar-refractivity contribution in [2.75, 3.05) is 5.32 Å². The fourth-order valence-electron chi connectivity index (χ4n) is 2.18. The zero-order valence-corrected chi connectivity index (χ0v) is 13.2. The van der Waals surface area contributed by atoms with Crippen LogP contribution < -0.4 is 10.5 Å². The first-order valence-corrected chi connectivity index (χ1v) is 8.27. The van der Waals surface area contributed by atoms with E-state index in [1.165, 1.54) is 12.1 Å². The first-order chi connectivity index (χ1) is 9.81. The first kappa shape index (κ1) is 15.5. The van der Waals surface area contributed by atoms with Crippen molar-refractivity contribution in [2.24, 2.45) is 12.2 Å². The van der Waals surface area contributed by atoms with Gasteiger partial charge < -0.3 is 5.32 Å². The quantitative estimate of drug-likeness (QED) is 0.881. The minimum Gasteiger partial charge on any atom is -0.376 e. The minimum absolute atomic E-state index is 0.0361. The number of anilines is 1. The van der Waals surface area contributed by atoms with Crippen LogP contribution >= 0.6 is 0 Å². The SMILES string of the molecule is CCc1nn(C)cc1NC(C)c1ccc(S(N)(=O)=O)cc1. The average Bonchev–Trinajstić information content (AvgIpc) is 2.78. The predicted molar refractivity (Wildman–Crippen MR) is 82.4 cm³/mol. The molecular formula is C14H20N4O2S. The summed E-state index contributed by atoms with van der Waals surface area (Å²) in [7, 11) is -1.76. The second kappa shape index (κ2) is 5.87. The monoisotopic (exact) mass is 308 g/mol. The fraction of sp³-hybridized carbons (Fsp3) is 0.357. The van der Waals surface area contributed by atoms with E-state index in [9.17, 15) is 8.42 Å². The number of nitrogens with one attached hydrogen (secondary N) is 1. The molecule has 0 spiro atoms. The van der Waals surface area contributed by atoms with E-state index in [-0.39, 0.29) is 10.9 Å². The van der Waals surface area contributed by atoms with Gasteiger partial charge in [0.15, 0.2) is 0 Å². The third-order valence-corrected chi connectivity index (χ3v) is 4.25. The lowest BCUT2D eigenvalue weighted by atomic mass is 10.1. The number of nitrogens with zero attached hydrogens (tertiary/aromatic N) is 2. The Balaban J connectivity index is 2.18. The molecule has 2 rings (SSSR count). The molecule has 1 aromatic heterocycles. The molecule has 7 heteroatoms. The van der Waals surface area contributed by atoms with Crippen molar-refractivity contribution in [3.8, 4) is 0 Å². The standard InChI is InChI=1S/C14H20N4O2S/c1-4-13-14(9-18(3)17-13)16-10(2)11-5-7-12(8-6-11)21(15,19)20/h5-10,16H,4H2,1-3H3,(H2,15,19,20). The van der Waals surface area contributed by atoms with Crippen LogP contribution in [0.3, 0.4) is 0 Å². The van der Waals surface area contributed by atoms with Crippen LogP contribution in [0.4, 0.5) is 5.69 Å². The number of primary sulfonamides is 1. The van der Waals surface area contributed by atoms with Crippen LogP contribution in [0.5, 0.6) is 0 Å². The summed E-state index contributed by atoms with van der Waals surface area (Å²) >= 11 is 0. The Labute approximate surface area is 125 Å². The van der Waals surface area contributed by atoms with E-state index in [1.807, 2.05) is 20.2 Å². The molecule has 114 valence electrons. The lowest BCUT2D eigenvalue weighted by molar-refractivity contribution is 0.597. The number of nitrogens with two attached hydrogens (primary N) is 1. The zero-order chi connectivity index (χ0) is 15.6. The van der Waals surface area contributed by atoms with Gasteiger partial charge in [-0.15, -0.1) is 0 Å². The van der Waals surface area contributed by atoms with Gasteiger partial charge in [0.2, 0.25) is 10.0 Å². The molecule has 0 saturated heterocycles. The maximum Gasteiger partial charge on any atom is 0.238 e. The fourth-order valence-corrected chi connectivity index (χ4v) is 2.69. The smallest absolute Gasteiger partial charge is 0.238 e. The number of hydrogen-bond acceptors (Lipinski definition) is 4. The van der Waals surface area contributed by atoms with Crippen LogP contribution in [-0.2, 0) is 23.5 Å². The van der Waals surface area contributed by atoms with E-state index in [2.05, 4.69) is 17.3 Å². The number of aromatic nitrogens is 2. The van der Waals surface area contributed by atoms with Crippen molar-refractivity contribution in [2.45, 2.75) is 31.2 Å². The van der Waals surface area contributed by atoms with Gasteiger partial charge in [0, 0.05) is 19.3 Å². The van der Waals surface area contributed by atoms with Crippen LogP contribution in [-0.4, -0.2) is 18.2 Å². The van der Waals surface area contributed by atoms with Gasteiger partial charge in [-0.1, -0.05) is 19.1 Å². The van der Waals surface area contributed by atoms with E-state index in [0.29, 0.717) is 0 Å². The number of hydrogen-bond donors (Lipinski definition) is 2. The van der Waals surface area contributed by atoms with Crippen LogP contribution in [0.25, 0.3) is 0 Å². The summed E-state index contributed by atoms with van der Waals surface area (Å²) in [6.45, 7) is 4.07. The molecule has 0 amide bonds. The summed E-state index contributed by atoms with van der Waals surface area (Å²) in [6.07, 6.45) is 2.79. The molecule has 6 nitrogen and oxygen atoms in total. The molecule has 0 aliphatic rings. The van der Waals surface area contributed by atoms with E-state index in [0.717, 1.165) is 23.4 Å². The summed E-state index contributed by atoms with van der Waals surface area (Å²) in [5.41, 5.74) is 2.97. The van der Waals surface area contributed by atoms with Gasteiger partial charge in [0.05, 0.1) is 16.3 Å². The Morgan fingerprint density at radius 3 is 2.48 bits per heavy atom. The summed E-state index contributed by atoms with van der Waals surface area (Å²) in [5, 5.41) is 12.9. The molecule has 1 aromatic carbocycles. The highest BCUT2D eigenvalue weighted by molar-refractivity contribution is 7.89. The minimum atomic E-state index is -3.65. The predicted octanol–water partition coefficient (Wildman–Crippen LogP) is 1.80. The van der Waals surface area contributed by atoms with Gasteiger partial charge in [-0.3, -0.25) is 4.68 Å². The highest BCUT2D eigenvalue weighted by Gasteiger charge is 2.12. The molecule has 0 fully saturated rings. The summed E-state index contributed by atoms with van der Waals surface area (Å²) in [6, 6.07) is 6.60. The largest absolute Gasteiger partial charge is 0.376 e. The molecule has 0 aliphatic carbocycles. The Morgan fingerprint density at radius 1 is 1.33 bits per heavy atom. The van der Waals surface area contributed by atoms with Gasteiger partial charge in [-0.2, -0.15) is 5.10 Å². The lowest BCUT2D eigenvalue weighted by Crippen LogP contribution is -2.13. The van der Waals surface area contributed by atoms with Crippen molar-refractivity contribution in [1.29, 1.82) is 0 Å². The zero-order valence-electron chi connectivity index (χ0n) is 12.4. The molecular weight excluding hydrogens is 288 g/mol. The van der Waals surface area contributed by atoms with Crippen molar-refractivity contribution in [1.82, 2.24) is 9.78 Å². The van der Waals surface area contributed by atoms with E-state index >= 15 is 0 Å². The summed E-state index contributed by atoms with van der Waals surface area (Å²) in [4.78, 5) is 0.120. The Hall–Kier alpha value is -1.86. The van der Waals surface area contributed by atoms with Crippen molar-refractivity contribution in [3.63, 3.8) is 0 Å². The second-order valence-electron chi connectivity index (χ2n) is 5.00. The molecule has 2 aromatic rings. The highest BCUT2D eigenvalue weighted by Crippen LogP contribution is 2.22. The number of sulfonamides is 1. The maximum atomic E-state index is 11.2. The van der Waals surface area contributed by atoms with Crippen molar-refractivity contribution >= 4 is 15.7 Å². The van der Waals surface area contributed by atoms with Gasteiger partial charge in [0.1, 0.15) is 0 Å². The molecule has 0 bridgehead atoms. The molecule has 0 saturated carbocycles. The molecule has 3 N–H and O–H groups in total. The Bertz CT molecular complexity index is 720. The third kappa shape index (κ3) is 3.62. The second-order valence-corrected chi connectivity index (χ2v) is 6.56. The topological polar surface area (TPSA) is 90.0 Å². The van der Waals surface area contributed by atoms with E-state index in [1.54, 1.807) is 16.8 Å². The Kier molecular flexibility index (Phi) is 4.34. The molecule has 1 heterocycles. The highest BCUT2D eigenvalue weighted by atomic mass is 32.2. The third-order valence-electron chi connectivity index (χ3n) is 3.32. The summed E-state index contributed by atoms with van der Waals surface area (Å²) < 4.78 is 24.3. The molecule has 1 unspecified atom stereocenters. The van der Waals surface area contributed by atoms with Gasteiger partial charge >= 0.3 is 0 Å². The van der Waals surface area contributed by atoms with Gasteiger partial charge in [-0.25, -0.2) is 13.6 Å².